The van der Waals surface area contributed by atoms with E-state index in [4.69, 9.17) is 19.9 Å². The first-order valence-corrected chi connectivity index (χ1v) is 7.70. The van der Waals surface area contributed by atoms with E-state index in [1.807, 2.05) is 0 Å². The maximum absolute atomic E-state index is 11.5. The molecule has 2 aromatic rings. The Hall–Kier alpha value is -2.22. The predicted octanol–water partition coefficient (Wildman–Crippen LogP) is 2.57. The van der Waals surface area contributed by atoms with Crippen LogP contribution in [0.2, 0.25) is 0 Å². The molecule has 0 amide bonds. The molecule has 0 aliphatic rings. The van der Waals surface area contributed by atoms with E-state index >= 15 is 0 Å². The number of ether oxygens (including phenoxy) is 3. The van der Waals surface area contributed by atoms with Crippen molar-refractivity contribution < 1.29 is 19.0 Å². The van der Waals surface area contributed by atoms with Crippen molar-refractivity contribution in [2.75, 3.05) is 38.4 Å². The first-order chi connectivity index (χ1) is 11.0. The van der Waals surface area contributed by atoms with Crippen molar-refractivity contribution in [3.8, 4) is 11.5 Å². The smallest absolute Gasteiger partial charge is 0.325 e. The number of aromatic nitrogens is 1. The van der Waals surface area contributed by atoms with Crippen LogP contribution in [0.3, 0.4) is 0 Å². The van der Waals surface area contributed by atoms with Crippen molar-refractivity contribution in [2.24, 2.45) is 0 Å². The molecular formula is C15H18BrN3O4. The highest BCUT2D eigenvalue weighted by Gasteiger charge is 2.19. The Morgan fingerprint density at radius 2 is 2.09 bits per heavy atom. The average Bonchev–Trinajstić information content (AvgIpc) is 2.54. The Balaban J connectivity index is 2.56. The number of esters is 1. The lowest BCUT2D eigenvalue weighted by Crippen LogP contribution is -2.17. The first kappa shape index (κ1) is 17.1. The lowest BCUT2D eigenvalue weighted by molar-refractivity contribution is -0.140. The number of anilines is 2. The number of fused-ring (bicyclic) bond motifs is 1. The van der Waals surface area contributed by atoms with Crippen LogP contribution < -0.4 is 20.5 Å². The molecule has 0 aliphatic carbocycles. The van der Waals surface area contributed by atoms with E-state index in [1.165, 1.54) is 7.11 Å². The van der Waals surface area contributed by atoms with Crippen LogP contribution in [0.4, 0.5) is 11.5 Å². The summed E-state index contributed by atoms with van der Waals surface area (Å²) in [5, 5.41) is 4.30. The highest BCUT2D eigenvalue weighted by Crippen LogP contribution is 2.44. The van der Waals surface area contributed by atoms with Crippen LogP contribution in [0, 0.1) is 0 Å². The number of carbonyl (C=O) groups is 1. The standard InChI is InChI=1S/C15H18BrN3O4/c1-4-23-11(20)7-19-15-13-9(17)5-10(21-2)14(22-3)12(13)8(16)6-18-15/h5-6H,4,7,17H2,1-3H3,(H,18,19). The molecule has 3 N–H and O–H groups in total. The third-order valence-corrected chi connectivity index (χ3v) is 3.79. The topological polar surface area (TPSA) is 95.7 Å². The minimum absolute atomic E-state index is 0.00857. The molecule has 7 nitrogen and oxygen atoms in total. The predicted molar refractivity (Wildman–Crippen MR) is 92.1 cm³/mol. The number of nitrogens with zero attached hydrogens (tertiary/aromatic N) is 1. The molecular weight excluding hydrogens is 366 g/mol. The van der Waals surface area contributed by atoms with Crippen molar-refractivity contribution in [3.63, 3.8) is 0 Å². The van der Waals surface area contributed by atoms with Crippen LogP contribution in [-0.2, 0) is 9.53 Å². The van der Waals surface area contributed by atoms with E-state index in [2.05, 4.69) is 26.2 Å². The van der Waals surface area contributed by atoms with Gasteiger partial charge in [-0.05, 0) is 22.9 Å². The molecule has 0 aliphatic heterocycles. The zero-order chi connectivity index (χ0) is 17.0. The SMILES string of the molecule is CCOC(=O)CNc1ncc(Br)c2c(OC)c(OC)cc(N)c12. The van der Waals surface area contributed by atoms with Crippen molar-refractivity contribution in [1.29, 1.82) is 0 Å². The lowest BCUT2D eigenvalue weighted by Gasteiger charge is -2.16. The van der Waals surface area contributed by atoms with E-state index in [0.717, 1.165) is 0 Å². The summed E-state index contributed by atoms with van der Waals surface area (Å²) in [5.41, 5.74) is 6.59. The highest BCUT2D eigenvalue weighted by atomic mass is 79.9. The van der Waals surface area contributed by atoms with Crippen LogP contribution in [-0.4, -0.2) is 38.3 Å². The summed E-state index contributed by atoms with van der Waals surface area (Å²) in [5.74, 6) is 1.14. The van der Waals surface area contributed by atoms with E-state index in [-0.39, 0.29) is 12.5 Å². The molecule has 2 rings (SSSR count). The number of methoxy groups -OCH3 is 2. The second-order valence-electron chi connectivity index (χ2n) is 4.56. The minimum Gasteiger partial charge on any atom is -0.493 e. The van der Waals surface area contributed by atoms with Gasteiger partial charge in [-0.25, -0.2) is 4.98 Å². The number of nitrogen functional groups attached to an aromatic ring is 1. The number of benzene rings is 1. The van der Waals surface area contributed by atoms with Crippen LogP contribution >= 0.6 is 15.9 Å². The van der Waals surface area contributed by atoms with E-state index in [1.54, 1.807) is 26.3 Å². The molecule has 0 fully saturated rings. The summed E-state index contributed by atoms with van der Waals surface area (Å²) in [6.07, 6.45) is 1.61. The quantitative estimate of drug-likeness (QED) is 0.584. The Kier molecular flexibility index (Phi) is 5.49. The Morgan fingerprint density at radius 3 is 2.70 bits per heavy atom. The molecule has 8 heteroatoms. The maximum Gasteiger partial charge on any atom is 0.325 e. The summed E-state index contributed by atoms with van der Waals surface area (Å²) >= 11 is 3.45. The van der Waals surface area contributed by atoms with Crippen LogP contribution in [0.1, 0.15) is 6.92 Å². The first-order valence-electron chi connectivity index (χ1n) is 6.91. The maximum atomic E-state index is 11.5. The third kappa shape index (κ3) is 3.42. The fourth-order valence-electron chi connectivity index (χ4n) is 2.25. The Bertz CT molecular complexity index is 736. The summed E-state index contributed by atoms with van der Waals surface area (Å²) in [4.78, 5) is 15.8. The van der Waals surface area contributed by atoms with Crippen molar-refractivity contribution >= 4 is 44.2 Å². The zero-order valence-electron chi connectivity index (χ0n) is 13.1. The monoisotopic (exact) mass is 383 g/mol. The Labute approximate surface area is 142 Å². The molecule has 0 spiro atoms. The number of pyridine rings is 1. The molecule has 1 heterocycles. The number of nitrogens with two attached hydrogens (primary N) is 1. The van der Waals surface area contributed by atoms with Gasteiger partial charge in [0.1, 0.15) is 12.4 Å². The lowest BCUT2D eigenvalue weighted by atomic mass is 10.1. The van der Waals surface area contributed by atoms with Crippen LogP contribution in [0.15, 0.2) is 16.7 Å². The number of hydrogen-bond acceptors (Lipinski definition) is 7. The molecule has 0 bridgehead atoms. The summed E-state index contributed by atoms with van der Waals surface area (Å²) in [6, 6.07) is 1.66. The van der Waals surface area contributed by atoms with Gasteiger partial charge in [-0.1, -0.05) is 0 Å². The molecule has 0 radical (unpaired) electrons. The van der Waals surface area contributed by atoms with Gasteiger partial charge in [0.05, 0.1) is 26.2 Å². The Morgan fingerprint density at radius 1 is 1.35 bits per heavy atom. The molecule has 0 saturated heterocycles. The summed E-state index contributed by atoms with van der Waals surface area (Å²) in [7, 11) is 3.09. The number of nitrogens with one attached hydrogen (secondary N) is 1. The van der Waals surface area contributed by atoms with Gasteiger partial charge in [0.25, 0.3) is 0 Å². The second kappa shape index (κ2) is 7.36. The van der Waals surface area contributed by atoms with Gasteiger partial charge in [0, 0.05) is 27.8 Å². The van der Waals surface area contributed by atoms with Gasteiger partial charge in [0.2, 0.25) is 0 Å². The molecule has 0 saturated carbocycles. The second-order valence-corrected chi connectivity index (χ2v) is 5.42. The normalized spacial score (nSPS) is 10.4. The van der Waals surface area contributed by atoms with E-state index < -0.39 is 0 Å². The summed E-state index contributed by atoms with van der Waals surface area (Å²) in [6.45, 7) is 2.06. The molecule has 23 heavy (non-hydrogen) atoms. The van der Waals surface area contributed by atoms with Crippen molar-refractivity contribution in [2.45, 2.75) is 6.92 Å². The molecule has 1 aromatic heterocycles. The summed E-state index contributed by atoms with van der Waals surface area (Å²) < 4.78 is 16.4. The third-order valence-electron chi connectivity index (χ3n) is 3.19. The van der Waals surface area contributed by atoms with Gasteiger partial charge >= 0.3 is 5.97 Å². The fraction of sp³-hybridized carbons (Fsp3) is 0.333. The van der Waals surface area contributed by atoms with Crippen LogP contribution in [0.25, 0.3) is 10.8 Å². The highest BCUT2D eigenvalue weighted by molar-refractivity contribution is 9.10. The zero-order valence-corrected chi connectivity index (χ0v) is 14.7. The number of carbonyl (C=O) groups excluding carboxylic acids is 1. The average molecular weight is 384 g/mol. The van der Waals surface area contributed by atoms with Gasteiger partial charge in [0.15, 0.2) is 11.5 Å². The fourth-order valence-corrected chi connectivity index (χ4v) is 2.73. The van der Waals surface area contributed by atoms with Gasteiger partial charge in [-0.3, -0.25) is 4.79 Å². The number of rotatable bonds is 6. The van der Waals surface area contributed by atoms with Crippen molar-refractivity contribution in [1.82, 2.24) is 4.98 Å². The van der Waals surface area contributed by atoms with E-state index in [0.29, 0.717) is 44.9 Å². The van der Waals surface area contributed by atoms with Gasteiger partial charge in [-0.2, -0.15) is 0 Å². The minimum atomic E-state index is -0.371. The molecule has 0 atom stereocenters. The van der Waals surface area contributed by atoms with Gasteiger partial charge in [-0.15, -0.1) is 0 Å². The van der Waals surface area contributed by atoms with E-state index in [9.17, 15) is 4.79 Å². The van der Waals surface area contributed by atoms with Crippen LogP contribution in [0.5, 0.6) is 11.5 Å². The molecule has 1 aromatic carbocycles. The number of halogens is 1. The largest absolute Gasteiger partial charge is 0.493 e. The number of hydrogen-bond donors (Lipinski definition) is 2. The van der Waals surface area contributed by atoms with Gasteiger partial charge < -0.3 is 25.3 Å². The molecule has 124 valence electrons. The molecule has 0 unspecified atom stereocenters. The van der Waals surface area contributed by atoms with Crippen molar-refractivity contribution in [3.05, 3.63) is 16.7 Å².